The zero-order valence-electron chi connectivity index (χ0n) is 10.3. The van der Waals surface area contributed by atoms with Crippen LogP contribution in [0.3, 0.4) is 0 Å². The van der Waals surface area contributed by atoms with Gasteiger partial charge in [0.25, 0.3) is 0 Å². The van der Waals surface area contributed by atoms with Crippen molar-refractivity contribution in [1.82, 2.24) is 0 Å². The van der Waals surface area contributed by atoms with E-state index in [-0.39, 0.29) is 11.5 Å². The van der Waals surface area contributed by atoms with Gasteiger partial charge in [0, 0.05) is 16.3 Å². The Kier molecular flexibility index (Phi) is 2.95. The third kappa shape index (κ3) is 2.14. The number of hydrogen-bond donors (Lipinski definition) is 2. The zero-order valence-corrected chi connectivity index (χ0v) is 11.1. The monoisotopic (exact) mass is 287 g/mol. The third-order valence-electron chi connectivity index (χ3n) is 3.25. The van der Waals surface area contributed by atoms with Crippen molar-refractivity contribution in [3.05, 3.63) is 52.5 Å². The van der Waals surface area contributed by atoms with E-state index in [0.717, 1.165) is 16.8 Å². The van der Waals surface area contributed by atoms with Crippen LogP contribution in [0.15, 0.2) is 36.4 Å². The van der Waals surface area contributed by atoms with Crippen LogP contribution in [0, 0.1) is 0 Å². The van der Waals surface area contributed by atoms with Gasteiger partial charge in [-0.3, -0.25) is 4.79 Å². The zero-order chi connectivity index (χ0) is 14.3. The molecule has 0 spiro atoms. The summed E-state index contributed by atoms with van der Waals surface area (Å²) >= 11 is 6.14. The number of anilines is 1. The molecule has 1 heterocycles. The fourth-order valence-electron chi connectivity index (χ4n) is 2.28. The topological polar surface area (TPSA) is 66.4 Å². The average molecular weight is 288 g/mol. The second kappa shape index (κ2) is 4.65. The molecule has 0 atom stereocenters. The number of aromatic carboxylic acids is 1. The van der Waals surface area contributed by atoms with Crippen molar-refractivity contribution in [3.8, 4) is 11.1 Å². The second-order valence-corrected chi connectivity index (χ2v) is 5.00. The number of carbonyl (C=O) groups excluding carboxylic acids is 1. The molecule has 0 saturated heterocycles. The summed E-state index contributed by atoms with van der Waals surface area (Å²) in [6.45, 7) is 0. The summed E-state index contributed by atoms with van der Waals surface area (Å²) in [6.07, 6.45) is 0.333. The van der Waals surface area contributed by atoms with E-state index in [1.54, 1.807) is 12.1 Å². The maximum Gasteiger partial charge on any atom is 0.335 e. The van der Waals surface area contributed by atoms with Crippen LogP contribution in [-0.2, 0) is 11.2 Å². The van der Waals surface area contributed by atoms with Crippen molar-refractivity contribution >= 4 is 29.2 Å². The van der Waals surface area contributed by atoms with Crippen molar-refractivity contribution in [2.45, 2.75) is 6.42 Å². The van der Waals surface area contributed by atoms with Crippen molar-refractivity contribution in [2.24, 2.45) is 0 Å². The van der Waals surface area contributed by atoms with Gasteiger partial charge in [-0.2, -0.15) is 0 Å². The van der Waals surface area contributed by atoms with Gasteiger partial charge in [-0.25, -0.2) is 4.79 Å². The van der Waals surface area contributed by atoms with Crippen molar-refractivity contribution < 1.29 is 14.7 Å². The van der Waals surface area contributed by atoms with E-state index in [0.29, 0.717) is 17.0 Å². The van der Waals surface area contributed by atoms with Crippen molar-refractivity contribution in [2.75, 3.05) is 5.32 Å². The minimum absolute atomic E-state index is 0.0393. The van der Waals surface area contributed by atoms with Crippen LogP contribution in [-0.4, -0.2) is 17.0 Å². The lowest BCUT2D eigenvalue weighted by atomic mass is 10.00. The number of carboxylic acids is 1. The molecule has 5 heteroatoms. The number of hydrogen-bond acceptors (Lipinski definition) is 2. The molecule has 1 aliphatic heterocycles. The van der Waals surface area contributed by atoms with Gasteiger partial charge in [0.1, 0.15) is 0 Å². The average Bonchev–Trinajstić information content (AvgIpc) is 2.78. The van der Waals surface area contributed by atoms with E-state index < -0.39 is 5.97 Å². The molecular weight excluding hydrogens is 278 g/mol. The summed E-state index contributed by atoms with van der Waals surface area (Å²) in [5.41, 5.74) is 3.31. The second-order valence-electron chi connectivity index (χ2n) is 4.60. The minimum atomic E-state index is -0.999. The third-order valence-corrected chi connectivity index (χ3v) is 3.58. The highest BCUT2D eigenvalue weighted by Gasteiger charge is 2.18. The molecule has 1 aliphatic rings. The van der Waals surface area contributed by atoms with Gasteiger partial charge < -0.3 is 10.4 Å². The van der Waals surface area contributed by atoms with Crippen LogP contribution in [0.25, 0.3) is 11.1 Å². The molecule has 100 valence electrons. The molecular formula is C15H10ClNO3. The highest BCUT2D eigenvalue weighted by Crippen LogP contribution is 2.33. The molecule has 2 N–H and O–H groups in total. The Labute approximate surface area is 120 Å². The summed E-state index contributed by atoms with van der Waals surface area (Å²) in [6, 6.07) is 10.1. The Balaban J connectivity index is 2.10. The Bertz CT molecular complexity index is 740. The van der Waals surface area contributed by atoms with Crippen LogP contribution in [0.5, 0.6) is 0 Å². The smallest absolute Gasteiger partial charge is 0.335 e. The summed E-state index contributed by atoms with van der Waals surface area (Å²) < 4.78 is 0. The number of amides is 1. The van der Waals surface area contributed by atoms with Crippen molar-refractivity contribution in [3.63, 3.8) is 0 Å². The molecule has 0 radical (unpaired) electrons. The normalized spacial score (nSPS) is 12.9. The first-order valence-corrected chi connectivity index (χ1v) is 6.38. The van der Waals surface area contributed by atoms with E-state index in [4.69, 9.17) is 16.7 Å². The van der Waals surface area contributed by atoms with E-state index in [1.807, 2.05) is 12.1 Å². The highest BCUT2D eigenvalue weighted by atomic mass is 35.5. The molecule has 1 amide bonds. The molecule has 0 aromatic heterocycles. The Morgan fingerprint density at radius 2 is 2.00 bits per heavy atom. The summed E-state index contributed by atoms with van der Waals surface area (Å²) in [7, 11) is 0. The molecule has 0 aliphatic carbocycles. The van der Waals surface area contributed by atoms with E-state index in [2.05, 4.69) is 5.32 Å². The maximum absolute atomic E-state index is 11.3. The number of fused-ring (bicyclic) bond motifs is 1. The number of carbonyl (C=O) groups is 2. The summed E-state index contributed by atoms with van der Waals surface area (Å²) in [4.78, 5) is 22.4. The molecule has 2 aromatic rings. The highest BCUT2D eigenvalue weighted by molar-refractivity contribution is 6.33. The standard InChI is InChI=1S/C15H10ClNO3/c16-12-3-1-9(15(19)20)6-11(12)8-2-4-13-10(5-8)7-14(18)17-13/h1-6H,7H2,(H,17,18)(H,19,20). The van der Waals surface area contributed by atoms with E-state index in [1.165, 1.54) is 12.1 Å². The van der Waals surface area contributed by atoms with E-state index >= 15 is 0 Å². The van der Waals surface area contributed by atoms with Gasteiger partial charge in [0.05, 0.1) is 12.0 Å². The van der Waals surface area contributed by atoms with Gasteiger partial charge in [-0.1, -0.05) is 17.7 Å². The fourth-order valence-corrected chi connectivity index (χ4v) is 2.50. The molecule has 2 aromatic carbocycles. The Morgan fingerprint density at radius 3 is 2.75 bits per heavy atom. The lowest BCUT2D eigenvalue weighted by molar-refractivity contribution is -0.115. The number of carboxylic acid groups (broad SMARTS) is 1. The van der Waals surface area contributed by atoms with Gasteiger partial charge in [-0.05, 0) is 41.5 Å². The minimum Gasteiger partial charge on any atom is -0.478 e. The summed E-state index contributed by atoms with van der Waals surface area (Å²) in [5.74, 6) is -1.04. The first-order valence-electron chi connectivity index (χ1n) is 6.00. The summed E-state index contributed by atoms with van der Waals surface area (Å²) in [5, 5.41) is 12.3. The van der Waals surface area contributed by atoms with Gasteiger partial charge in [0.15, 0.2) is 0 Å². The number of rotatable bonds is 2. The molecule has 0 fully saturated rings. The Morgan fingerprint density at radius 1 is 1.20 bits per heavy atom. The molecule has 20 heavy (non-hydrogen) atoms. The Hall–Kier alpha value is -2.33. The van der Waals surface area contributed by atoms with Gasteiger partial charge in [-0.15, -0.1) is 0 Å². The van der Waals surface area contributed by atoms with E-state index in [9.17, 15) is 9.59 Å². The van der Waals surface area contributed by atoms with Crippen LogP contribution in [0.2, 0.25) is 5.02 Å². The predicted octanol–water partition coefficient (Wildman–Crippen LogP) is 3.20. The van der Waals surface area contributed by atoms with Crippen LogP contribution in [0.4, 0.5) is 5.69 Å². The quantitative estimate of drug-likeness (QED) is 0.891. The number of benzene rings is 2. The number of halogens is 1. The maximum atomic E-state index is 11.3. The largest absolute Gasteiger partial charge is 0.478 e. The molecule has 0 bridgehead atoms. The fraction of sp³-hybridized carbons (Fsp3) is 0.0667. The predicted molar refractivity (Wildman–Crippen MR) is 76.2 cm³/mol. The lowest BCUT2D eigenvalue weighted by Gasteiger charge is -2.08. The first-order chi connectivity index (χ1) is 9.54. The van der Waals surface area contributed by atoms with Crippen LogP contribution in [0.1, 0.15) is 15.9 Å². The molecule has 0 saturated carbocycles. The van der Waals surface area contributed by atoms with Crippen molar-refractivity contribution in [1.29, 1.82) is 0 Å². The SMILES string of the molecule is O=C1Cc2cc(-c3cc(C(=O)O)ccc3Cl)ccc2N1. The molecule has 4 nitrogen and oxygen atoms in total. The number of nitrogens with one attached hydrogen (secondary N) is 1. The van der Waals surface area contributed by atoms with Crippen LogP contribution < -0.4 is 5.32 Å². The first kappa shape index (κ1) is 12.7. The molecule has 0 unspecified atom stereocenters. The van der Waals surface area contributed by atoms with Crippen LogP contribution >= 0.6 is 11.6 Å². The van der Waals surface area contributed by atoms with Gasteiger partial charge in [0.2, 0.25) is 5.91 Å². The molecule has 3 rings (SSSR count). The lowest BCUT2D eigenvalue weighted by Crippen LogP contribution is -2.03. The van der Waals surface area contributed by atoms with Gasteiger partial charge >= 0.3 is 5.97 Å².